The molecule has 0 saturated carbocycles. The number of amides is 1. The zero-order valence-electron chi connectivity index (χ0n) is 14.5. The molecule has 0 spiro atoms. The summed E-state index contributed by atoms with van der Waals surface area (Å²) in [5, 5.41) is 0.157. The second-order valence-electron chi connectivity index (χ2n) is 6.23. The Morgan fingerprint density at radius 3 is 2.58 bits per heavy atom. The van der Waals surface area contributed by atoms with Crippen LogP contribution in [0.2, 0.25) is 5.02 Å². The summed E-state index contributed by atoms with van der Waals surface area (Å²) in [4.78, 5) is 14.2. The Labute approximate surface area is 149 Å². The molecule has 0 aliphatic carbocycles. The van der Waals surface area contributed by atoms with E-state index in [0.29, 0.717) is 37.7 Å². The van der Waals surface area contributed by atoms with E-state index in [0.717, 1.165) is 12.8 Å². The molecule has 1 saturated heterocycles. The van der Waals surface area contributed by atoms with Crippen LogP contribution >= 0.6 is 11.6 Å². The van der Waals surface area contributed by atoms with Crippen LogP contribution in [0.4, 0.5) is 0 Å². The Morgan fingerprint density at radius 1 is 1.33 bits per heavy atom. The third-order valence-electron chi connectivity index (χ3n) is 4.47. The summed E-state index contributed by atoms with van der Waals surface area (Å²) in [6.45, 7) is 7.97. The number of carbonyl (C=O) groups is 1. The van der Waals surface area contributed by atoms with Crippen molar-refractivity contribution in [2.75, 3.05) is 26.2 Å². The predicted octanol–water partition coefficient (Wildman–Crippen LogP) is 3.24. The van der Waals surface area contributed by atoms with E-state index in [1.807, 2.05) is 20.8 Å². The van der Waals surface area contributed by atoms with Crippen molar-refractivity contribution >= 4 is 27.5 Å². The van der Waals surface area contributed by atoms with Gasteiger partial charge in [-0.15, -0.1) is 0 Å². The van der Waals surface area contributed by atoms with E-state index in [1.165, 1.54) is 16.4 Å². The fourth-order valence-corrected chi connectivity index (χ4v) is 5.13. The maximum atomic E-state index is 13.0. The highest BCUT2D eigenvalue weighted by Gasteiger charge is 2.31. The van der Waals surface area contributed by atoms with Crippen LogP contribution in [0.25, 0.3) is 0 Å². The molecule has 0 bridgehead atoms. The van der Waals surface area contributed by atoms with Crippen LogP contribution in [-0.4, -0.2) is 49.7 Å². The monoisotopic (exact) mass is 372 g/mol. The fourth-order valence-electron chi connectivity index (χ4n) is 3.03. The first-order chi connectivity index (χ1) is 11.3. The molecule has 1 atom stereocenters. The molecule has 5 nitrogen and oxygen atoms in total. The minimum absolute atomic E-state index is 0.0243. The number of carbonyl (C=O) groups excluding carboxylic acids is 1. The summed E-state index contributed by atoms with van der Waals surface area (Å²) in [7, 11) is -3.69. The number of benzene rings is 1. The average Bonchev–Trinajstić information content (AvgIpc) is 2.56. The van der Waals surface area contributed by atoms with Crippen LogP contribution < -0.4 is 0 Å². The summed E-state index contributed by atoms with van der Waals surface area (Å²) >= 11 is 6.16. The largest absolute Gasteiger partial charge is 0.339 e. The molecule has 1 fully saturated rings. The lowest BCUT2D eigenvalue weighted by molar-refractivity contribution is 0.0772. The number of hydrogen-bond donors (Lipinski definition) is 0. The second-order valence-corrected chi connectivity index (χ2v) is 8.55. The minimum Gasteiger partial charge on any atom is -0.339 e. The second kappa shape index (κ2) is 7.85. The highest BCUT2D eigenvalue weighted by Crippen LogP contribution is 2.29. The lowest BCUT2D eigenvalue weighted by atomic mass is 10.0. The van der Waals surface area contributed by atoms with Gasteiger partial charge in [-0.25, -0.2) is 8.42 Å². The van der Waals surface area contributed by atoms with Crippen molar-refractivity contribution in [3.05, 3.63) is 28.8 Å². The van der Waals surface area contributed by atoms with Gasteiger partial charge in [0, 0.05) is 31.7 Å². The van der Waals surface area contributed by atoms with Crippen molar-refractivity contribution in [2.45, 2.75) is 38.5 Å². The quantitative estimate of drug-likeness (QED) is 0.797. The predicted molar refractivity (Wildman–Crippen MR) is 95.9 cm³/mol. The zero-order valence-corrected chi connectivity index (χ0v) is 16.0. The number of hydrogen-bond acceptors (Lipinski definition) is 3. The van der Waals surface area contributed by atoms with E-state index in [4.69, 9.17) is 11.6 Å². The van der Waals surface area contributed by atoms with Gasteiger partial charge in [-0.1, -0.05) is 18.5 Å². The van der Waals surface area contributed by atoms with E-state index < -0.39 is 10.0 Å². The molecule has 0 radical (unpaired) electrons. The SMILES string of the molecule is CCN(CC)C(=O)c1ccc(Cl)c(S(=O)(=O)N2CCC[C@@H](C)C2)c1. The molecular formula is C17H25ClN2O3S. The van der Waals surface area contributed by atoms with E-state index in [1.54, 1.807) is 11.0 Å². The van der Waals surface area contributed by atoms with E-state index in [9.17, 15) is 13.2 Å². The van der Waals surface area contributed by atoms with E-state index in [2.05, 4.69) is 0 Å². The summed E-state index contributed by atoms with van der Waals surface area (Å²) < 4.78 is 27.4. The maximum absolute atomic E-state index is 13.0. The molecule has 24 heavy (non-hydrogen) atoms. The number of sulfonamides is 1. The van der Waals surface area contributed by atoms with Crippen molar-refractivity contribution in [3.8, 4) is 0 Å². The number of piperidine rings is 1. The Kier molecular flexibility index (Phi) is 6.28. The zero-order chi connectivity index (χ0) is 17.9. The van der Waals surface area contributed by atoms with Gasteiger partial charge >= 0.3 is 0 Å². The fraction of sp³-hybridized carbons (Fsp3) is 0.588. The molecule has 7 heteroatoms. The molecule has 1 aliphatic rings. The van der Waals surface area contributed by atoms with Gasteiger partial charge in [-0.3, -0.25) is 4.79 Å². The highest BCUT2D eigenvalue weighted by atomic mass is 35.5. The molecule has 1 aromatic carbocycles. The molecule has 0 N–H and O–H groups in total. The van der Waals surface area contributed by atoms with Gasteiger partial charge in [0.05, 0.1) is 5.02 Å². The third kappa shape index (κ3) is 3.92. The standard InChI is InChI=1S/C17H25ClN2O3S/c1-4-19(5-2)17(21)14-8-9-15(18)16(11-14)24(22,23)20-10-6-7-13(3)12-20/h8-9,11,13H,4-7,10,12H2,1-3H3/t13-/m1/s1. The van der Waals surface area contributed by atoms with Gasteiger partial charge in [0.15, 0.2) is 0 Å². The van der Waals surface area contributed by atoms with Gasteiger partial charge in [0.2, 0.25) is 10.0 Å². The molecule has 1 aromatic rings. The number of halogens is 1. The van der Waals surface area contributed by atoms with Gasteiger partial charge in [0.25, 0.3) is 5.91 Å². The Balaban J connectivity index is 2.39. The third-order valence-corrected chi connectivity index (χ3v) is 6.81. The minimum atomic E-state index is -3.69. The van der Waals surface area contributed by atoms with Gasteiger partial charge < -0.3 is 4.90 Å². The Bertz CT molecular complexity index is 702. The summed E-state index contributed by atoms with van der Waals surface area (Å²) in [5.41, 5.74) is 0.353. The first-order valence-corrected chi connectivity index (χ1v) is 10.2. The van der Waals surface area contributed by atoms with E-state index >= 15 is 0 Å². The van der Waals surface area contributed by atoms with Gasteiger partial charge in [-0.05, 0) is 50.8 Å². The van der Waals surface area contributed by atoms with Gasteiger partial charge in [0.1, 0.15) is 4.90 Å². The number of rotatable bonds is 5. The summed E-state index contributed by atoms with van der Waals surface area (Å²) in [6.07, 6.45) is 1.87. The molecule has 1 amide bonds. The lowest BCUT2D eigenvalue weighted by Gasteiger charge is -2.30. The highest BCUT2D eigenvalue weighted by molar-refractivity contribution is 7.89. The lowest BCUT2D eigenvalue weighted by Crippen LogP contribution is -2.39. The number of nitrogens with zero attached hydrogens (tertiary/aromatic N) is 2. The van der Waals surface area contributed by atoms with Crippen molar-refractivity contribution in [1.82, 2.24) is 9.21 Å². The molecule has 1 heterocycles. The van der Waals surface area contributed by atoms with Crippen LogP contribution in [0, 0.1) is 5.92 Å². The molecule has 1 aliphatic heterocycles. The first-order valence-electron chi connectivity index (χ1n) is 8.40. The van der Waals surface area contributed by atoms with Crippen molar-refractivity contribution in [3.63, 3.8) is 0 Å². The molecule has 134 valence electrons. The van der Waals surface area contributed by atoms with Crippen LogP contribution in [0.15, 0.2) is 23.1 Å². The first kappa shape index (κ1) is 19.2. The van der Waals surface area contributed by atoms with Crippen LogP contribution in [0.3, 0.4) is 0 Å². The molecule has 0 unspecified atom stereocenters. The molecular weight excluding hydrogens is 348 g/mol. The van der Waals surface area contributed by atoms with Gasteiger partial charge in [-0.2, -0.15) is 4.31 Å². The Morgan fingerprint density at radius 2 is 2.00 bits per heavy atom. The van der Waals surface area contributed by atoms with Crippen LogP contribution in [-0.2, 0) is 10.0 Å². The summed E-state index contributed by atoms with van der Waals surface area (Å²) in [6, 6.07) is 4.50. The van der Waals surface area contributed by atoms with Crippen molar-refractivity contribution in [2.24, 2.45) is 5.92 Å². The van der Waals surface area contributed by atoms with E-state index in [-0.39, 0.29) is 15.8 Å². The van der Waals surface area contributed by atoms with Crippen LogP contribution in [0.1, 0.15) is 44.0 Å². The summed E-state index contributed by atoms with van der Waals surface area (Å²) in [5.74, 6) is 0.146. The van der Waals surface area contributed by atoms with Crippen molar-refractivity contribution < 1.29 is 13.2 Å². The van der Waals surface area contributed by atoms with Crippen LogP contribution in [0.5, 0.6) is 0 Å². The smallest absolute Gasteiger partial charge is 0.253 e. The maximum Gasteiger partial charge on any atom is 0.253 e. The normalized spacial score (nSPS) is 19.2. The van der Waals surface area contributed by atoms with Crippen molar-refractivity contribution in [1.29, 1.82) is 0 Å². The molecule has 0 aromatic heterocycles. The Hall–Kier alpha value is -1.11. The topological polar surface area (TPSA) is 57.7 Å². The average molecular weight is 373 g/mol. The molecule has 2 rings (SSSR count).